The third kappa shape index (κ3) is 6.78. The number of rotatable bonds is 10. The Hall–Kier alpha value is -5.41. The number of hydroxylamine groups is 1. The van der Waals surface area contributed by atoms with Crippen molar-refractivity contribution in [2.45, 2.75) is 6.42 Å². The van der Waals surface area contributed by atoms with E-state index in [2.05, 4.69) is 15.3 Å². The lowest BCUT2D eigenvalue weighted by atomic mass is 10.0. The second kappa shape index (κ2) is 12.6. The van der Waals surface area contributed by atoms with E-state index in [-0.39, 0.29) is 31.2 Å². The van der Waals surface area contributed by atoms with Gasteiger partial charge in [-0.1, -0.05) is 54.6 Å². The smallest absolute Gasteiger partial charge is 0.267 e. The van der Waals surface area contributed by atoms with Crippen molar-refractivity contribution in [1.29, 1.82) is 0 Å². The number of pyridine rings is 2. The van der Waals surface area contributed by atoms with Gasteiger partial charge in [-0.25, -0.2) is 5.48 Å². The van der Waals surface area contributed by atoms with E-state index in [0.717, 1.165) is 21.9 Å². The molecule has 2 heterocycles. The van der Waals surface area contributed by atoms with Crippen LogP contribution < -0.4 is 15.7 Å². The molecular formula is C32H27N5O4. The molecular weight excluding hydrogens is 518 g/mol. The number of anilines is 2. The van der Waals surface area contributed by atoms with Crippen molar-refractivity contribution >= 4 is 56.9 Å². The maximum Gasteiger partial charge on any atom is 0.267 e. The first-order valence-corrected chi connectivity index (χ1v) is 13.0. The van der Waals surface area contributed by atoms with Gasteiger partial charge in [-0.05, 0) is 47.5 Å². The number of hydrogen-bond acceptors (Lipinski definition) is 7. The highest BCUT2D eigenvalue weighted by molar-refractivity contribution is 6.02. The standard InChI is InChI=1S/C32H27N5O4/c38-27(19-25-7-1-5-23-8-3-17-33-31(23)25)20-37(26-14-11-22(12-15-26)13-16-29(39)36-41)21-30(40)35-28-10-2-6-24-9-4-18-34-32(24)28/h1-18,41H,19-21H2,(H,35,40)(H,36,39)/b16-13+. The first-order chi connectivity index (χ1) is 20.0. The Balaban J connectivity index is 1.37. The molecule has 2 aromatic heterocycles. The highest BCUT2D eigenvalue weighted by Crippen LogP contribution is 2.22. The average molecular weight is 546 g/mol. The molecule has 0 saturated heterocycles. The summed E-state index contributed by atoms with van der Waals surface area (Å²) in [6, 6.07) is 25.9. The minimum absolute atomic E-state index is 0.00741. The average Bonchev–Trinajstić information content (AvgIpc) is 3.00. The number of ketones is 1. The van der Waals surface area contributed by atoms with Crippen molar-refractivity contribution in [3.8, 4) is 0 Å². The lowest BCUT2D eigenvalue weighted by molar-refractivity contribution is -0.124. The quantitative estimate of drug-likeness (QED) is 0.134. The predicted molar refractivity (Wildman–Crippen MR) is 158 cm³/mol. The fraction of sp³-hybridized carbons (Fsp3) is 0.0938. The summed E-state index contributed by atoms with van der Waals surface area (Å²) >= 11 is 0. The van der Waals surface area contributed by atoms with Gasteiger partial charge in [0.15, 0.2) is 5.78 Å². The van der Waals surface area contributed by atoms with Crippen LogP contribution in [0.15, 0.2) is 103 Å². The van der Waals surface area contributed by atoms with Crippen molar-refractivity contribution in [2.24, 2.45) is 0 Å². The van der Waals surface area contributed by atoms with Crippen LogP contribution >= 0.6 is 0 Å². The molecule has 0 fully saturated rings. The molecule has 5 rings (SSSR count). The first kappa shape index (κ1) is 27.2. The number of carbonyl (C=O) groups excluding carboxylic acids is 3. The van der Waals surface area contributed by atoms with Crippen molar-refractivity contribution in [1.82, 2.24) is 15.4 Å². The molecule has 0 spiro atoms. The van der Waals surface area contributed by atoms with Gasteiger partial charge in [0.1, 0.15) is 0 Å². The molecule has 3 N–H and O–H groups in total. The van der Waals surface area contributed by atoms with E-state index in [0.29, 0.717) is 22.5 Å². The van der Waals surface area contributed by atoms with Gasteiger partial charge in [0.2, 0.25) is 5.91 Å². The number of para-hydroxylation sites is 2. The number of fused-ring (bicyclic) bond motifs is 2. The number of hydrogen-bond donors (Lipinski definition) is 3. The van der Waals surface area contributed by atoms with Crippen LogP contribution in [0.1, 0.15) is 11.1 Å². The van der Waals surface area contributed by atoms with Gasteiger partial charge in [0.05, 0.1) is 29.8 Å². The number of nitrogens with zero attached hydrogens (tertiary/aromatic N) is 3. The molecule has 0 unspecified atom stereocenters. The Morgan fingerprint density at radius 3 is 2.17 bits per heavy atom. The molecule has 0 radical (unpaired) electrons. The lowest BCUT2D eigenvalue weighted by Crippen LogP contribution is -2.37. The summed E-state index contributed by atoms with van der Waals surface area (Å²) in [6.45, 7) is -0.0859. The highest BCUT2D eigenvalue weighted by atomic mass is 16.5. The van der Waals surface area contributed by atoms with E-state index in [1.54, 1.807) is 59.2 Å². The zero-order valence-corrected chi connectivity index (χ0v) is 22.0. The van der Waals surface area contributed by atoms with Crippen molar-refractivity contribution in [3.05, 3.63) is 115 Å². The Kier molecular flexibility index (Phi) is 8.37. The summed E-state index contributed by atoms with van der Waals surface area (Å²) in [5, 5.41) is 13.5. The summed E-state index contributed by atoms with van der Waals surface area (Å²) in [5.41, 5.74) is 5.77. The molecule has 9 nitrogen and oxygen atoms in total. The van der Waals surface area contributed by atoms with E-state index < -0.39 is 5.91 Å². The van der Waals surface area contributed by atoms with Crippen LogP contribution in [0.25, 0.3) is 27.9 Å². The van der Waals surface area contributed by atoms with Crippen LogP contribution in [0.4, 0.5) is 11.4 Å². The Labute approximate surface area is 236 Å². The Bertz CT molecular complexity index is 1650. The van der Waals surface area contributed by atoms with Gasteiger partial charge in [-0.15, -0.1) is 0 Å². The number of carbonyl (C=O) groups is 3. The largest absolute Gasteiger partial charge is 0.355 e. The summed E-state index contributed by atoms with van der Waals surface area (Å²) in [6.07, 6.45) is 6.27. The SMILES string of the molecule is O=C(Cc1cccc2cccnc12)CN(CC(=O)Nc1cccc2cccnc12)c1ccc(/C=C/C(=O)NO)cc1. The second-order valence-electron chi connectivity index (χ2n) is 9.39. The predicted octanol–water partition coefficient (Wildman–Crippen LogP) is 4.56. The number of benzene rings is 3. The van der Waals surface area contributed by atoms with E-state index >= 15 is 0 Å². The van der Waals surface area contributed by atoms with Gasteiger partial charge in [0.25, 0.3) is 5.91 Å². The van der Waals surface area contributed by atoms with E-state index in [9.17, 15) is 14.4 Å². The summed E-state index contributed by atoms with van der Waals surface area (Å²) in [4.78, 5) is 48.5. The molecule has 9 heteroatoms. The molecule has 0 aliphatic carbocycles. The molecule has 2 amide bonds. The number of amides is 2. The third-order valence-corrected chi connectivity index (χ3v) is 6.51. The molecule has 0 aliphatic rings. The van der Waals surface area contributed by atoms with E-state index in [1.807, 2.05) is 54.6 Å². The Morgan fingerprint density at radius 2 is 1.44 bits per heavy atom. The molecule has 0 aliphatic heterocycles. The molecule has 5 aromatic rings. The summed E-state index contributed by atoms with van der Waals surface area (Å²) < 4.78 is 0. The monoisotopic (exact) mass is 545 g/mol. The van der Waals surface area contributed by atoms with Crippen molar-refractivity contribution in [2.75, 3.05) is 23.3 Å². The highest BCUT2D eigenvalue weighted by Gasteiger charge is 2.18. The molecule has 0 atom stereocenters. The van der Waals surface area contributed by atoms with Gasteiger partial charge in [0, 0.05) is 41.4 Å². The molecule has 0 saturated carbocycles. The fourth-order valence-electron chi connectivity index (χ4n) is 4.60. The van der Waals surface area contributed by atoms with Crippen molar-refractivity contribution in [3.63, 3.8) is 0 Å². The van der Waals surface area contributed by atoms with E-state index in [4.69, 9.17) is 5.21 Å². The molecule has 0 bridgehead atoms. The first-order valence-electron chi connectivity index (χ1n) is 13.0. The minimum Gasteiger partial charge on any atom is -0.355 e. The van der Waals surface area contributed by atoms with Crippen LogP contribution in [0.2, 0.25) is 0 Å². The van der Waals surface area contributed by atoms with Crippen LogP contribution in [0, 0.1) is 0 Å². The van der Waals surface area contributed by atoms with Crippen LogP contribution in [0.3, 0.4) is 0 Å². The summed E-state index contributed by atoms with van der Waals surface area (Å²) in [5.74, 6) is -1.03. The van der Waals surface area contributed by atoms with Crippen LogP contribution in [0.5, 0.6) is 0 Å². The van der Waals surface area contributed by atoms with Gasteiger partial charge in [-0.2, -0.15) is 0 Å². The van der Waals surface area contributed by atoms with Gasteiger partial charge < -0.3 is 10.2 Å². The number of Topliss-reactive ketones (excluding diaryl/α,β-unsaturated/α-hetero) is 1. The number of aromatic nitrogens is 2. The fourth-order valence-corrected chi connectivity index (χ4v) is 4.60. The lowest BCUT2D eigenvalue weighted by Gasteiger charge is -2.24. The van der Waals surface area contributed by atoms with Gasteiger partial charge >= 0.3 is 0 Å². The van der Waals surface area contributed by atoms with E-state index in [1.165, 1.54) is 6.08 Å². The Morgan fingerprint density at radius 1 is 0.780 bits per heavy atom. The molecule has 41 heavy (non-hydrogen) atoms. The van der Waals surface area contributed by atoms with Crippen molar-refractivity contribution < 1.29 is 19.6 Å². The second-order valence-corrected chi connectivity index (χ2v) is 9.39. The normalized spacial score (nSPS) is 11.0. The summed E-state index contributed by atoms with van der Waals surface area (Å²) in [7, 11) is 0. The maximum absolute atomic E-state index is 13.3. The third-order valence-electron chi connectivity index (χ3n) is 6.51. The maximum atomic E-state index is 13.3. The van der Waals surface area contributed by atoms with Gasteiger partial charge in [-0.3, -0.25) is 29.6 Å². The van der Waals surface area contributed by atoms with Crippen LogP contribution in [-0.2, 0) is 20.8 Å². The topological polar surface area (TPSA) is 125 Å². The van der Waals surface area contributed by atoms with Crippen LogP contribution in [-0.4, -0.2) is 45.9 Å². The molecule has 3 aromatic carbocycles. The zero-order valence-electron chi connectivity index (χ0n) is 22.0. The molecule has 204 valence electrons. The zero-order chi connectivity index (χ0) is 28.6. The minimum atomic E-state index is -0.649. The number of nitrogens with one attached hydrogen (secondary N) is 2.